The average molecular weight is 309 g/mol. The van der Waals surface area contributed by atoms with Gasteiger partial charge < -0.3 is 4.74 Å². The van der Waals surface area contributed by atoms with Gasteiger partial charge in [0, 0.05) is 15.5 Å². The quantitative estimate of drug-likeness (QED) is 0.479. The van der Waals surface area contributed by atoms with E-state index < -0.39 is 0 Å². The van der Waals surface area contributed by atoms with E-state index in [1.54, 1.807) is 11.8 Å². The van der Waals surface area contributed by atoms with Gasteiger partial charge in [-0.15, -0.1) is 23.4 Å². The Hall–Kier alpha value is -1.00. The van der Waals surface area contributed by atoms with E-state index in [1.165, 1.54) is 0 Å². The summed E-state index contributed by atoms with van der Waals surface area (Å²) < 4.78 is 4.81. The van der Waals surface area contributed by atoms with E-state index in [2.05, 4.69) is 12.1 Å². The third kappa shape index (κ3) is 1.67. The highest BCUT2D eigenvalue weighted by Crippen LogP contribution is 2.60. The van der Waals surface area contributed by atoms with Gasteiger partial charge in [-0.2, -0.15) is 0 Å². The molecule has 6 atom stereocenters. The van der Waals surface area contributed by atoms with Crippen LogP contribution >= 0.6 is 23.4 Å². The fourth-order valence-electron chi connectivity index (χ4n) is 3.97. The van der Waals surface area contributed by atoms with E-state index in [9.17, 15) is 9.59 Å². The van der Waals surface area contributed by atoms with E-state index in [4.69, 9.17) is 16.3 Å². The molecule has 20 heavy (non-hydrogen) atoms. The molecular formula is C15H13ClO3S. The average Bonchev–Trinajstić information content (AvgIpc) is 3.05. The molecule has 104 valence electrons. The van der Waals surface area contributed by atoms with E-state index in [0.29, 0.717) is 0 Å². The zero-order valence-electron chi connectivity index (χ0n) is 10.6. The second-order valence-electron chi connectivity index (χ2n) is 5.70. The van der Waals surface area contributed by atoms with Crippen LogP contribution in [0, 0.1) is 23.7 Å². The van der Waals surface area contributed by atoms with Crippen LogP contribution in [0.1, 0.15) is 6.42 Å². The number of carbonyl (C=O) groups excluding carboxylic acids is 2. The maximum absolute atomic E-state index is 11.9. The summed E-state index contributed by atoms with van der Waals surface area (Å²) in [6, 6.07) is 10.1. The normalized spacial score (nSPS) is 41.9. The predicted octanol–water partition coefficient (Wildman–Crippen LogP) is 2.72. The van der Waals surface area contributed by atoms with Crippen LogP contribution in [0.4, 0.5) is 0 Å². The van der Waals surface area contributed by atoms with Gasteiger partial charge in [0.25, 0.3) is 0 Å². The molecule has 0 radical (unpaired) electrons. The van der Waals surface area contributed by atoms with Gasteiger partial charge in [0.05, 0.1) is 11.8 Å². The van der Waals surface area contributed by atoms with Gasteiger partial charge in [0.2, 0.25) is 0 Å². The van der Waals surface area contributed by atoms with Crippen molar-refractivity contribution in [2.45, 2.75) is 21.9 Å². The van der Waals surface area contributed by atoms with Crippen LogP contribution in [0.25, 0.3) is 0 Å². The summed E-state index contributed by atoms with van der Waals surface area (Å²) in [5, 5.41) is 0.119. The fraction of sp³-hybridized carbons (Fsp3) is 0.467. The number of carbonyl (C=O) groups is 2. The van der Waals surface area contributed by atoms with E-state index in [0.717, 1.165) is 11.3 Å². The highest BCUT2D eigenvalue weighted by Gasteiger charge is 2.66. The predicted molar refractivity (Wildman–Crippen MR) is 75.4 cm³/mol. The summed E-state index contributed by atoms with van der Waals surface area (Å²) in [5.41, 5.74) is 0. The number of hydrogen-bond acceptors (Lipinski definition) is 4. The second-order valence-corrected chi connectivity index (χ2v) is 7.45. The van der Waals surface area contributed by atoms with Crippen molar-refractivity contribution in [2.75, 3.05) is 0 Å². The molecule has 2 saturated carbocycles. The molecule has 5 heteroatoms. The van der Waals surface area contributed by atoms with Crippen LogP contribution < -0.4 is 0 Å². The van der Waals surface area contributed by atoms with Crippen LogP contribution in [0.2, 0.25) is 0 Å². The zero-order chi connectivity index (χ0) is 13.9. The molecule has 2 aliphatic carbocycles. The first-order valence-electron chi connectivity index (χ1n) is 6.78. The van der Waals surface area contributed by atoms with Crippen molar-refractivity contribution in [1.29, 1.82) is 0 Å². The maximum atomic E-state index is 11.9. The maximum Gasteiger partial charge on any atom is 0.317 e. The molecule has 1 heterocycles. The first-order chi connectivity index (χ1) is 9.66. The molecule has 3 fully saturated rings. The Balaban J connectivity index is 1.62. The molecule has 1 saturated heterocycles. The largest absolute Gasteiger partial charge is 0.393 e. The Morgan fingerprint density at radius 2 is 1.70 bits per heavy atom. The highest BCUT2D eigenvalue weighted by atomic mass is 35.5. The third-order valence-electron chi connectivity index (χ3n) is 4.76. The number of esters is 2. The Morgan fingerprint density at radius 3 is 2.40 bits per heavy atom. The highest BCUT2D eigenvalue weighted by molar-refractivity contribution is 8.00. The third-order valence-corrected chi connectivity index (χ3v) is 6.96. The molecule has 1 aromatic carbocycles. The van der Waals surface area contributed by atoms with Gasteiger partial charge in [-0.1, -0.05) is 18.2 Å². The fourth-order valence-corrected chi connectivity index (χ4v) is 5.99. The Bertz CT molecular complexity index is 576. The molecule has 1 aromatic rings. The molecule has 4 rings (SSSR count). The first kappa shape index (κ1) is 12.7. The Labute approximate surface area is 126 Å². The molecule has 0 unspecified atom stereocenters. The number of rotatable bonds is 2. The minimum absolute atomic E-state index is 0.0649. The molecule has 1 aliphatic heterocycles. The molecule has 2 bridgehead atoms. The SMILES string of the molecule is O=C1OC(=O)[C@H]2[C@H]3C[C@@H]([C@@H](Sc4ccccc4)[C@H]3Cl)[C@@H]12. The van der Waals surface area contributed by atoms with Crippen LogP contribution in [-0.2, 0) is 14.3 Å². The minimum Gasteiger partial charge on any atom is -0.393 e. The van der Waals surface area contributed by atoms with Crippen LogP contribution in [-0.4, -0.2) is 22.6 Å². The van der Waals surface area contributed by atoms with Crippen molar-refractivity contribution in [1.82, 2.24) is 0 Å². The monoisotopic (exact) mass is 308 g/mol. The summed E-state index contributed by atoms with van der Waals surface area (Å²) in [7, 11) is 0. The van der Waals surface area contributed by atoms with Crippen molar-refractivity contribution in [2.24, 2.45) is 23.7 Å². The summed E-state index contributed by atoms with van der Waals surface area (Å²) >= 11 is 8.29. The number of fused-ring (bicyclic) bond motifs is 5. The zero-order valence-corrected chi connectivity index (χ0v) is 12.1. The molecule has 3 aliphatic rings. The van der Waals surface area contributed by atoms with Crippen molar-refractivity contribution in [3.05, 3.63) is 30.3 Å². The van der Waals surface area contributed by atoms with Crippen LogP contribution in [0.3, 0.4) is 0 Å². The lowest BCUT2D eigenvalue weighted by molar-refractivity contribution is -0.154. The number of alkyl halides is 1. The molecular weight excluding hydrogens is 296 g/mol. The summed E-state index contributed by atoms with van der Waals surface area (Å²) in [4.78, 5) is 24.8. The topological polar surface area (TPSA) is 43.4 Å². The second kappa shape index (κ2) is 4.50. The van der Waals surface area contributed by atoms with Crippen LogP contribution in [0.5, 0.6) is 0 Å². The van der Waals surface area contributed by atoms with E-state index in [-0.39, 0.29) is 46.2 Å². The first-order valence-corrected chi connectivity index (χ1v) is 8.10. The van der Waals surface area contributed by atoms with Gasteiger partial charge >= 0.3 is 11.9 Å². The van der Waals surface area contributed by atoms with Crippen molar-refractivity contribution in [3.8, 4) is 0 Å². The lowest BCUT2D eigenvalue weighted by Crippen LogP contribution is -2.39. The van der Waals surface area contributed by atoms with E-state index in [1.807, 2.05) is 18.2 Å². The van der Waals surface area contributed by atoms with E-state index >= 15 is 0 Å². The van der Waals surface area contributed by atoms with Gasteiger partial charge in [0.1, 0.15) is 0 Å². The number of benzene rings is 1. The van der Waals surface area contributed by atoms with Crippen LogP contribution in [0.15, 0.2) is 35.2 Å². The number of halogens is 1. The van der Waals surface area contributed by atoms with Gasteiger partial charge in [-0.3, -0.25) is 9.59 Å². The molecule has 3 nitrogen and oxygen atoms in total. The Kier molecular flexibility index (Phi) is 2.86. The number of ether oxygens (including phenoxy) is 1. The van der Waals surface area contributed by atoms with Gasteiger partial charge in [-0.05, 0) is 30.4 Å². The summed E-state index contributed by atoms with van der Waals surface area (Å²) in [6.07, 6.45) is 0.870. The van der Waals surface area contributed by atoms with Gasteiger partial charge in [0.15, 0.2) is 0 Å². The summed E-state index contributed by atoms with van der Waals surface area (Å²) in [6.45, 7) is 0. The van der Waals surface area contributed by atoms with Gasteiger partial charge in [-0.25, -0.2) is 0 Å². The molecule has 0 N–H and O–H groups in total. The molecule has 0 amide bonds. The summed E-state index contributed by atoms with van der Waals surface area (Å²) in [5.74, 6) is -0.995. The van der Waals surface area contributed by atoms with Crippen molar-refractivity contribution >= 4 is 35.3 Å². The Morgan fingerprint density at radius 1 is 1.05 bits per heavy atom. The molecule has 0 spiro atoms. The number of cyclic esters (lactones) is 2. The lowest BCUT2D eigenvalue weighted by atomic mass is 9.80. The number of hydrogen-bond donors (Lipinski definition) is 0. The molecule has 0 aromatic heterocycles. The standard InChI is InChI=1S/C15H13ClO3S/c16-12-8-6-9(11-10(8)14(17)19-15(11)18)13(12)20-7-4-2-1-3-5-7/h1-5,8-13H,6H2/t8-,9-,10+,11-,12+,13-/m1/s1. The van der Waals surface area contributed by atoms with Crippen molar-refractivity contribution < 1.29 is 14.3 Å². The number of thioether (sulfide) groups is 1. The lowest BCUT2D eigenvalue weighted by Gasteiger charge is -2.31. The van der Waals surface area contributed by atoms with Crippen molar-refractivity contribution in [3.63, 3.8) is 0 Å². The smallest absolute Gasteiger partial charge is 0.317 e. The minimum atomic E-state index is -0.360.